The first-order valence-corrected chi connectivity index (χ1v) is 12.4. The molecule has 8 heteroatoms. The van der Waals surface area contributed by atoms with E-state index in [2.05, 4.69) is 51.9 Å². The van der Waals surface area contributed by atoms with Gasteiger partial charge in [0.2, 0.25) is 5.71 Å². The second kappa shape index (κ2) is 12.1. The number of aromatic nitrogens is 1. The van der Waals surface area contributed by atoms with E-state index < -0.39 is 18.2 Å². The molecule has 1 aromatic heterocycles. The lowest BCUT2D eigenvalue weighted by Crippen LogP contribution is -2.38. The van der Waals surface area contributed by atoms with Crippen LogP contribution in [0.3, 0.4) is 0 Å². The highest BCUT2D eigenvalue weighted by molar-refractivity contribution is 7.14. The van der Waals surface area contributed by atoms with Crippen molar-refractivity contribution in [2.75, 3.05) is 25.2 Å². The molecule has 4 rings (SSSR count). The number of rotatable bonds is 11. The number of esters is 1. The molecular weight excluding hydrogens is 477 g/mol. The molecule has 0 saturated heterocycles. The summed E-state index contributed by atoms with van der Waals surface area (Å²) in [5.41, 5.74) is 2.45. The van der Waals surface area contributed by atoms with Crippen molar-refractivity contribution in [2.45, 2.75) is 12.5 Å². The van der Waals surface area contributed by atoms with Crippen molar-refractivity contribution >= 4 is 28.1 Å². The molecule has 1 heterocycles. The Morgan fingerprint density at radius 2 is 1.47 bits per heavy atom. The van der Waals surface area contributed by atoms with Crippen LogP contribution in [0, 0.1) is 0 Å². The molecule has 4 aromatic rings. The highest BCUT2D eigenvalue weighted by Crippen LogP contribution is 2.40. The van der Waals surface area contributed by atoms with E-state index in [0.29, 0.717) is 5.13 Å². The summed E-state index contributed by atoms with van der Waals surface area (Å²) in [7, 11) is 0. The third-order valence-corrected chi connectivity index (χ3v) is 6.21. The largest absolute Gasteiger partial charge is 0.461 e. The van der Waals surface area contributed by atoms with Crippen molar-refractivity contribution < 1.29 is 18.8 Å². The Bertz CT molecular complexity index is 1180. The van der Waals surface area contributed by atoms with Gasteiger partial charge in [0.1, 0.15) is 24.5 Å². The standard InChI is InChI=1S/C28H26FN3O3S/c1-2-34-26(33)25(32-35-19-18-29)24-20-36-27(30-24)31-28(21-12-6-3-7-13-21,22-14-8-4-9-15-22)23-16-10-5-11-17-23/h3-17,20H,2,18-19H2,1H3,(H,30,31)/b32-25-. The molecule has 0 spiro atoms. The van der Waals surface area contributed by atoms with Crippen molar-refractivity contribution in [3.05, 3.63) is 119 Å². The average molecular weight is 504 g/mol. The molecule has 0 saturated carbocycles. The van der Waals surface area contributed by atoms with Crippen LogP contribution in [-0.4, -0.2) is 36.6 Å². The maximum atomic E-state index is 12.5. The molecule has 0 aliphatic carbocycles. The van der Waals surface area contributed by atoms with E-state index >= 15 is 0 Å². The Morgan fingerprint density at radius 3 is 1.94 bits per heavy atom. The molecule has 6 nitrogen and oxygen atoms in total. The zero-order chi connectivity index (χ0) is 25.2. The highest BCUT2D eigenvalue weighted by atomic mass is 32.1. The van der Waals surface area contributed by atoms with E-state index in [1.807, 2.05) is 54.6 Å². The molecular formula is C28H26FN3O3S. The van der Waals surface area contributed by atoms with Crippen LogP contribution in [0.25, 0.3) is 0 Å². The second-order valence-electron chi connectivity index (χ2n) is 7.69. The summed E-state index contributed by atoms with van der Waals surface area (Å²) in [5, 5.41) is 9.72. The van der Waals surface area contributed by atoms with Crippen molar-refractivity contribution in [3.63, 3.8) is 0 Å². The molecule has 0 unspecified atom stereocenters. The number of carbonyl (C=O) groups is 1. The van der Waals surface area contributed by atoms with E-state index in [1.54, 1.807) is 12.3 Å². The fourth-order valence-electron chi connectivity index (χ4n) is 3.91. The van der Waals surface area contributed by atoms with Gasteiger partial charge in [0.25, 0.3) is 0 Å². The normalized spacial score (nSPS) is 11.7. The lowest BCUT2D eigenvalue weighted by molar-refractivity contribution is -0.135. The third-order valence-electron chi connectivity index (χ3n) is 5.45. The molecule has 36 heavy (non-hydrogen) atoms. The molecule has 0 bridgehead atoms. The van der Waals surface area contributed by atoms with Gasteiger partial charge in [-0.2, -0.15) is 0 Å². The molecule has 0 aliphatic rings. The van der Waals surface area contributed by atoms with Gasteiger partial charge in [-0.05, 0) is 23.6 Å². The van der Waals surface area contributed by atoms with Crippen LogP contribution in [0.2, 0.25) is 0 Å². The zero-order valence-corrected chi connectivity index (χ0v) is 20.6. The van der Waals surface area contributed by atoms with Crippen LogP contribution in [0.4, 0.5) is 9.52 Å². The predicted octanol–water partition coefficient (Wildman–Crippen LogP) is 5.80. The maximum Gasteiger partial charge on any atom is 0.362 e. The van der Waals surface area contributed by atoms with E-state index in [4.69, 9.17) is 9.57 Å². The summed E-state index contributed by atoms with van der Waals surface area (Å²) < 4.78 is 17.6. The summed E-state index contributed by atoms with van der Waals surface area (Å²) in [6.07, 6.45) is 0. The number of nitrogens with zero attached hydrogens (tertiary/aromatic N) is 2. The van der Waals surface area contributed by atoms with E-state index in [0.717, 1.165) is 16.7 Å². The number of anilines is 1. The number of hydrogen-bond donors (Lipinski definition) is 1. The van der Waals surface area contributed by atoms with Gasteiger partial charge in [0, 0.05) is 5.38 Å². The molecule has 184 valence electrons. The molecule has 0 fully saturated rings. The summed E-state index contributed by atoms with van der Waals surface area (Å²) >= 11 is 1.32. The Kier molecular flexibility index (Phi) is 8.41. The number of thiazole rings is 1. The fraction of sp³-hybridized carbons (Fsp3) is 0.179. The molecule has 0 amide bonds. The van der Waals surface area contributed by atoms with Crippen LogP contribution in [0.15, 0.2) is 102 Å². The lowest BCUT2D eigenvalue weighted by atomic mass is 9.77. The van der Waals surface area contributed by atoms with Crippen molar-refractivity contribution in [1.29, 1.82) is 0 Å². The summed E-state index contributed by atoms with van der Waals surface area (Å²) in [5.74, 6) is -0.686. The number of halogens is 1. The molecule has 0 aliphatic heterocycles. The average Bonchev–Trinajstić information content (AvgIpc) is 3.39. The lowest BCUT2D eigenvalue weighted by Gasteiger charge is -2.36. The first-order valence-electron chi connectivity index (χ1n) is 11.5. The minimum absolute atomic E-state index is 0.112. The topological polar surface area (TPSA) is 72.8 Å². The van der Waals surface area contributed by atoms with Crippen molar-refractivity contribution in [3.8, 4) is 0 Å². The number of nitrogens with one attached hydrogen (secondary N) is 1. The van der Waals surface area contributed by atoms with E-state index in [9.17, 15) is 9.18 Å². The Hall–Kier alpha value is -4.04. The zero-order valence-electron chi connectivity index (χ0n) is 19.8. The predicted molar refractivity (Wildman–Crippen MR) is 140 cm³/mol. The van der Waals surface area contributed by atoms with Gasteiger partial charge in [0.05, 0.1) is 6.61 Å². The van der Waals surface area contributed by atoms with E-state index in [1.165, 1.54) is 11.3 Å². The fourth-order valence-corrected chi connectivity index (χ4v) is 4.66. The van der Waals surface area contributed by atoms with E-state index in [-0.39, 0.29) is 24.6 Å². The Morgan fingerprint density at radius 1 is 0.944 bits per heavy atom. The first-order chi connectivity index (χ1) is 17.7. The quantitative estimate of drug-likeness (QED) is 0.0921. The Balaban J connectivity index is 1.82. The van der Waals surface area contributed by atoms with Gasteiger partial charge in [-0.25, -0.2) is 14.2 Å². The number of oxime groups is 1. The van der Waals surface area contributed by atoms with Gasteiger partial charge < -0.3 is 14.9 Å². The minimum atomic E-state index is -0.773. The van der Waals surface area contributed by atoms with Crippen molar-refractivity contribution in [1.82, 2.24) is 4.98 Å². The maximum absolute atomic E-state index is 12.5. The number of benzene rings is 3. The number of ether oxygens (including phenoxy) is 1. The van der Waals surface area contributed by atoms with Gasteiger partial charge in [-0.15, -0.1) is 11.3 Å². The molecule has 0 atom stereocenters. The molecule has 1 N–H and O–H groups in total. The highest BCUT2D eigenvalue weighted by Gasteiger charge is 2.37. The molecule has 3 aromatic carbocycles. The summed E-state index contributed by atoms with van der Waals surface area (Å²) in [4.78, 5) is 22.1. The Labute approximate surface area is 213 Å². The van der Waals surface area contributed by atoms with Crippen LogP contribution in [-0.2, 0) is 19.9 Å². The number of hydrogen-bond acceptors (Lipinski definition) is 7. The monoisotopic (exact) mass is 503 g/mol. The van der Waals surface area contributed by atoms with Gasteiger partial charge in [-0.1, -0.05) is 96.2 Å². The second-order valence-corrected chi connectivity index (χ2v) is 8.55. The summed E-state index contributed by atoms with van der Waals surface area (Å²) in [6.45, 7) is 0.865. The smallest absolute Gasteiger partial charge is 0.362 e. The van der Waals surface area contributed by atoms with Gasteiger partial charge >= 0.3 is 5.97 Å². The number of carbonyl (C=O) groups excluding carboxylic acids is 1. The minimum Gasteiger partial charge on any atom is -0.461 e. The first kappa shape index (κ1) is 25.1. The SMILES string of the molecule is CCOC(=O)/C(=N\OCCF)c1csc(NC(c2ccccc2)(c2ccccc2)c2ccccc2)n1. The van der Waals surface area contributed by atoms with Gasteiger partial charge in [0.15, 0.2) is 5.13 Å². The van der Waals surface area contributed by atoms with Crippen LogP contribution in [0.1, 0.15) is 29.3 Å². The molecule has 0 radical (unpaired) electrons. The number of alkyl halides is 1. The van der Waals surface area contributed by atoms with Crippen LogP contribution < -0.4 is 5.32 Å². The van der Waals surface area contributed by atoms with Gasteiger partial charge in [-0.3, -0.25) is 0 Å². The van der Waals surface area contributed by atoms with Crippen LogP contribution in [0.5, 0.6) is 0 Å². The van der Waals surface area contributed by atoms with Crippen molar-refractivity contribution in [2.24, 2.45) is 5.16 Å². The summed E-state index contributed by atoms with van der Waals surface area (Å²) in [6, 6.07) is 30.3. The third kappa shape index (κ3) is 5.44. The van der Waals surface area contributed by atoms with Crippen LogP contribution >= 0.6 is 11.3 Å².